The molecule has 3 N–H and O–H groups in total. The Morgan fingerprint density at radius 2 is 2.05 bits per heavy atom. The number of benzene rings is 1. The molecule has 0 spiro atoms. The number of carbonyl (C=O) groups excluding carboxylic acids is 1. The van der Waals surface area contributed by atoms with Gasteiger partial charge in [-0.3, -0.25) is 4.79 Å². The Hall–Kier alpha value is -1.39. The summed E-state index contributed by atoms with van der Waals surface area (Å²) in [5.41, 5.74) is 6.98. The first kappa shape index (κ1) is 15.0. The summed E-state index contributed by atoms with van der Waals surface area (Å²) in [6, 6.07) is 10.1. The number of rotatable bonds is 8. The molecule has 0 saturated heterocycles. The van der Waals surface area contributed by atoms with Gasteiger partial charge in [-0.2, -0.15) is 0 Å². The van der Waals surface area contributed by atoms with Crippen LogP contribution >= 0.6 is 0 Å². The van der Waals surface area contributed by atoms with Crippen molar-refractivity contribution in [2.75, 3.05) is 13.2 Å². The molecule has 0 aliphatic heterocycles. The number of carbonyl (C=O) groups is 1. The van der Waals surface area contributed by atoms with Gasteiger partial charge in [0.15, 0.2) is 0 Å². The van der Waals surface area contributed by atoms with Crippen molar-refractivity contribution in [2.45, 2.75) is 44.2 Å². The Labute approximate surface area is 120 Å². The van der Waals surface area contributed by atoms with E-state index in [0.717, 1.165) is 25.7 Å². The highest BCUT2D eigenvalue weighted by Gasteiger charge is 2.34. The maximum absolute atomic E-state index is 11.7. The van der Waals surface area contributed by atoms with Gasteiger partial charge in [0.25, 0.3) is 0 Å². The first-order valence-corrected chi connectivity index (χ1v) is 7.35. The van der Waals surface area contributed by atoms with Crippen molar-refractivity contribution >= 4 is 5.91 Å². The Bertz CT molecular complexity index is 416. The van der Waals surface area contributed by atoms with Gasteiger partial charge < -0.3 is 15.8 Å². The highest BCUT2D eigenvalue weighted by molar-refractivity contribution is 5.77. The molecule has 1 aromatic rings. The van der Waals surface area contributed by atoms with Crippen molar-refractivity contribution in [3.8, 4) is 0 Å². The third kappa shape index (κ3) is 4.94. The highest BCUT2D eigenvalue weighted by atomic mass is 16.5. The summed E-state index contributed by atoms with van der Waals surface area (Å²) in [6.07, 6.45) is 4.38. The van der Waals surface area contributed by atoms with Crippen LogP contribution in [0.1, 0.15) is 37.7 Å². The van der Waals surface area contributed by atoms with Crippen LogP contribution < -0.4 is 11.1 Å². The van der Waals surface area contributed by atoms with E-state index >= 15 is 0 Å². The number of nitrogens with one attached hydrogen (secondary N) is 1. The first-order valence-electron chi connectivity index (χ1n) is 7.35. The Morgan fingerprint density at radius 3 is 2.70 bits per heavy atom. The average molecular weight is 276 g/mol. The van der Waals surface area contributed by atoms with Crippen LogP contribution in [0.3, 0.4) is 0 Å². The zero-order valence-corrected chi connectivity index (χ0v) is 11.9. The van der Waals surface area contributed by atoms with Crippen LogP contribution in [0.2, 0.25) is 0 Å². The van der Waals surface area contributed by atoms with Crippen molar-refractivity contribution in [3.05, 3.63) is 35.9 Å². The molecule has 1 amide bonds. The monoisotopic (exact) mass is 276 g/mol. The standard InChI is InChI=1S/C16H24N2O2/c17-16(8-4-9-16)12-15(19)18-10-5-11-20-13-14-6-2-1-3-7-14/h1-3,6-7H,4-5,8-13,17H2,(H,18,19). The van der Waals surface area contributed by atoms with E-state index in [-0.39, 0.29) is 11.4 Å². The average Bonchev–Trinajstić information content (AvgIpc) is 2.42. The third-order valence-electron chi connectivity index (χ3n) is 3.76. The van der Waals surface area contributed by atoms with Crippen molar-refractivity contribution < 1.29 is 9.53 Å². The molecule has 0 radical (unpaired) electrons. The molecule has 1 saturated carbocycles. The van der Waals surface area contributed by atoms with Crippen LogP contribution in [-0.4, -0.2) is 24.6 Å². The number of hydrogen-bond acceptors (Lipinski definition) is 3. The van der Waals surface area contributed by atoms with Crippen LogP contribution in [0.25, 0.3) is 0 Å². The number of nitrogens with two attached hydrogens (primary N) is 1. The molecule has 0 bridgehead atoms. The van der Waals surface area contributed by atoms with E-state index in [1.807, 2.05) is 30.3 Å². The molecule has 0 heterocycles. The molecule has 0 atom stereocenters. The van der Waals surface area contributed by atoms with Crippen LogP contribution in [0.15, 0.2) is 30.3 Å². The van der Waals surface area contributed by atoms with Crippen molar-refractivity contribution in [1.29, 1.82) is 0 Å². The fourth-order valence-corrected chi connectivity index (χ4v) is 2.36. The summed E-state index contributed by atoms with van der Waals surface area (Å²) >= 11 is 0. The second kappa shape index (κ2) is 7.41. The predicted molar refractivity (Wildman–Crippen MR) is 79.1 cm³/mol. The lowest BCUT2D eigenvalue weighted by atomic mass is 9.75. The minimum atomic E-state index is -0.228. The van der Waals surface area contributed by atoms with Crippen molar-refractivity contribution in [2.24, 2.45) is 5.73 Å². The maximum Gasteiger partial charge on any atom is 0.221 e. The van der Waals surface area contributed by atoms with E-state index in [1.54, 1.807) is 0 Å². The van der Waals surface area contributed by atoms with Gasteiger partial charge in [-0.05, 0) is 31.2 Å². The Morgan fingerprint density at radius 1 is 1.30 bits per heavy atom. The maximum atomic E-state index is 11.7. The number of amides is 1. The van der Waals surface area contributed by atoms with Crippen molar-refractivity contribution in [3.63, 3.8) is 0 Å². The lowest BCUT2D eigenvalue weighted by Crippen LogP contribution is -2.50. The van der Waals surface area contributed by atoms with Gasteiger partial charge in [-0.15, -0.1) is 0 Å². The lowest BCUT2D eigenvalue weighted by molar-refractivity contribution is -0.123. The molecule has 1 aromatic carbocycles. The van der Waals surface area contributed by atoms with Gasteiger partial charge in [0, 0.05) is 25.1 Å². The molecule has 2 rings (SSSR count). The predicted octanol–water partition coefficient (Wildman–Crippen LogP) is 1.98. The van der Waals surface area contributed by atoms with E-state index < -0.39 is 0 Å². The van der Waals surface area contributed by atoms with E-state index in [9.17, 15) is 4.79 Å². The smallest absolute Gasteiger partial charge is 0.221 e. The zero-order valence-electron chi connectivity index (χ0n) is 11.9. The molecule has 1 aliphatic carbocycles. The quantitative estimate of drug-likeness (QED) is 0.714. The first-order chi connectivity index (χ1) is 9.68. The van der Waals surface area contributed by atoms with E-state index in [4.69, 9.17) is 10.5 Å². The lowest BCUT2D eigenvalue weighted by Gasteiger charge is -2.37. The molecule has 0 unspecified atom stereocenters. The van der Waals surface area contributed by atoms with E-state index in [2.05, 4.69) is 5.32 Å². The molecule has 110 valence electrons. The third-order valence-corrected chi connectivity index (χ3v) is 3.76. The van der Waals surface area contributed by atoms with Crippen LogP contribution in [0, 0.1) is 0 Å². The zero-order chi connectivity index (χ0) is 14.3. The fourth-order valence-electron chi connectivity index (χ4n) is 2.36. The minimum absolute atomic E-state index is 0.0651. The van der Waals surface area contributed by atoms with Gasteiger partial charge in [0.05, 0.1) is 6.61 Å². The molecule has 1 fully saturated rings. The van der Waals surface area contributed by atoms with E-state index in [0.29, 0.717) is 26.2 Å². The Balaban J connectivity index is 1.48. The molecule has 1 aliphatic rings. The molecule has 0 aromatic heterocycles. The summed E-state index contributed by atoms with van der Waals surface area (Å²) < 4.78 is 5.56. The number of hydrogen-bond donors (Lipinski definition) is 2. The SMILES string of the molecule is NC1(CC(=O)NCCCOCc2ccccc2)CCC1. The van der Waals surface area contributed by atoms with Gasteiger partial charge in [-0.1, -0.05) is 30.3 Å². The van der Waals surface area contributed by atoms with Gasteiger partial charge in [0.1, 0.15) is 0 Å². The van der Waals surface area contributed by atoms with Crippen LogP contribution in [-0.2, 0) is 16.1 Å². The molecule has 4 nitrogen and oxygen atoms in total. The summed E-state index contributed by atoms with van der Waals surface area (Å²) in [4.78, 5) is 11.7. The molecule has 4 heteroatoms. The normalized spacial score (nSPS) is 16.4. The van der Waals surface area contributed by atoms with Gasteiger partial charge in [-0.25, -0.2) is 0 Å². The van der Waals surface area contributed by atoms with Crippen LogP contribution in [0.5, 0.6) is 0 Å². The fraction of sp³-hybridized carbons (Fsp3) is 0.562. The highest BCUT2D eigenvalue weighted by Crippen LogP contribution is 2.31. The second-order valence-electron chi connectivity index (χ2n) is 5.63. The van der Waals surface area contributed by atoms with Crippen molar-refractivity contribution in [1.82, 2.24) is 5.32 Å². The second-order valence-corrected chi connectivity index (χ2v) is 5.63. The molecular weight excluding hydrogens is 252 g/mol. The van der Waals surface area contributed by atoms with Gasteiger partial charge >= 0.3 is 0 Å². The number of ether oxygens (including phenoxy) is 1. The van der Waals surface area contributed by atoms with Gasteiger partial charge in [0.2, 0.25) is 5.91 Å². The van der Waals surface area contributed by atoms with Crippen LogP contribution in [0.4, 0.5) is 0 Å². The summed E-state index contributed by atoms with van der Waals surface area (Å²) in [5.74, 6) is 0.0651. The topological polar surface area (TPSA) is 64.4 Å². The molecule has 20 heavy (non-hydrogen) atoms. The largest absolute Gasteiger partial charge is 0.377 e. The van der Waals surface area contributed by atoms with E-state index in [1.165, 1.54) is 5.56 Å². The Kier molecular flexibility index (Phi) is 5.56. The summed E-state index contributed by atoms with van der Waals surface area (Å²) in [6.45, 7) is 1.94. The molecular formula is C16H24N2O2. The summed E-state index contributed by atoms with van der Waals surface area (Å²) in [5, 5.41) is 2.91. The summed E-state index contributed by atoms with van der Waals surface area (Å²) in [7, 11) is 0. The minimum Gasteiger partial charge on any atom is -0.377 e.